The fraction of sp³-hybridized carbons (Fsp3) is 0.283. The van der Waals surface area contributed by atoms with Crippen molar-refractivity contribution in [1.82, 2.24) is 0 Å². The Kier molecular flexibility index (Phi) is 9.83. The van der Waals surface area contributed by atoms with Crippen LogP contribution in [0, 0.1) is 41.5 Å². The van der Waals surface area contributed by atoms with E-state index in [9.17, 15) is 0 Å². The molecule has 1 heterocycles. The molecule has 1 fully saturated rings. The van der Waals surface area contributed by atoms with E-state index in [-0.39, 0.29) is 0 Å². The van der Waals surface area contributed by atoms with E-state index in [1.54, 1.807) is 0 Å². The molecule has 0 bridgehead atoms. The molecule has 7 rings (SSSR count). The number of anilines is 2. The van der Waals surface area contributed by atoms with Gasteiger partial charge in [0.1, 0.15) is 5.82 Å². The predicted octanol–water partition coefficient (Wildman–Crippen LogP) is 12.5. The zero-order valence-corrected chi connectivity index (χ0v) is 33.6. The van der Waals surface area contributed by atoms with Crippen LogP contribution in [0.2, 0.25) is 0 Å². The van der Waals surface area contributed by atoms with Gasteiger partial charge in [0.05, 0.1) is 5.38 Å². The van der Waals surface area contributed by atoms with Gasteiger partial charge >= 0.3 is 0 Å². The fourth-order valence-electron chi connectivity index (χ4n) is 9.14. The van der Waals surface area contributed by atoms with Crippen LogP contribution in [0.1, 0.15) is 63.9 Å². The average Bonchev–Trinajstić information content (AvgIpc) is 3.70. The molecule has 1 aliphatic heterocycles. The summed E-state index contributed by atoms with van der Waals surface area (Å²) in [5.41, 5.74) is 16.4. The van der Waals surface area contributed by atoms with Crippen LogP contribution in [0.5, 0.6) is 0 Å². The molecule has 262 valence electrons. The molecule has 3 aliphatic rings. The molecule has 4 aromatic rings. The fourth-order valence-corrected chi connectivity index (χ4v) is 14.4. The van der Waals surface area contributed by atoms with E-state index in [2.05, 4.69) is 162 Å². The summed E-state index contributed by atoms with van der Waals surface area (Å²) >= 11 is 15.5. The molecule has 0 saturated carbocycles. The third-order valence-electron chi connectivity index (χ3n) is 11.1. The van der Waals surface area contributed by atoms with Crippen molar-refractivity contribution in [3.8, 4) is 0 Å². The standard InChI is InChI=1S/C46H49Cl2N2P/c1-9-51(10-2,45-37-19-15-14-18-36(37)28-39(45)35-16-12-11-13-17-35)40-21-20-38(41(47)42(40)48)46-49(43-31(5)24-29(3)25-32(43)6)22-23-50(46)44-33(7)26-30(4)27-34(44)8/h11-21,24-28,41H,9-10,22-23H2,1-8H3. The summed E-state index contributed by atoms with van der Waals surface area (Å²) in [5.74, 6) is 1.13. The lowest BCUT2D eigenvalue weighted by atomic mass is 10.0. The molecule has 2 nitrogen and oxygen atoms in total. The molecule has 0 N–H and O–H groups in total. The first-order valence-corrected chi connectivity index (χ1v) is 21.3. The van der Waals surface area contributed by atoms with Crippen molar-refractivity contribution < 1.29 is 0 Å². The van der Waals surface area contributed by atoms with E-state index < -0.39 is 12.3 Å². The summed E-state index contributed by atoms with van der Waals surface area (Å²) in [6, 6.07) is 28.9. The van der Waals surface area contributed by atoms with Crippen LogP contribution in [0.3, 0.4) is 0 Å². The van der Waals surface area contributed by atoms with Gasteiger partial charge in [-0.2, -0.15) is 0 Å². The minimum Gasteiger partial charge on any atom is -0.325 e. The SMILES string of the molecule is CCP(CC)(C1=C(Cl)C(Cl)C(=C2N(c3c(C)cc(C)cc3C)CCN2c2c(C)cc(C)cc2C)C=C1)=C1C(c2ccccc2)=Cc2ccccc21. The topological polar surface area (TPSA) is 6.48 Å². The Morgan fingerprint density at radius 2 is 1.20 bits per heavy atom. The second-order valence-corrected chi connectivity index (χ2v) is 19.4. The van der Waals surface area contributed by atoms with Gasteiger partial charge in [0.2, 0.25) is 0 Å². The van der Waals surface area contributed by atoms with Crippen LogP contribution in [0.15, 0.2) is 113 Å². The van der Waals surface area contributed by atoms with Crippen molar-refractivity contribution in [2.75, 3.05) is 35.2 Å². The summed E-state index contributed by atoms with van der Waals surface area (Å²) in [6.07, 6.45) is 9.05. The largest absolute Gasteiger partial charge is 0.325 e. The Hall–Kier alpha value is -3.68. The Bertz CT molecular complexity index is 2110. The van der Waals surface area contributed by atoms with E-state index in [0.29, 0.717) is 0 Å². The molecule has 0 amide bonds. The minimum atomic E-state index is -2.00. The van der Waals surface area contributed by atoms with Gasteiger partial charge in [0.25, 0.3) is 0 Å². The summed E-state index contributed by atoms with van der Waals surface area (Å²) in [4.78, 5) is 5.01. The summed E-state index contributed by atoms with van der Waals surface area (Å²) in [7, 11) is 0. The highest BCUT2D eigenvalue weighted by Gasteiger charge is 2.39. The van der Waals surface area contributed by atoms with E-state index in [1.165, 1.54) is 77.6 Å². The van der Waals surface area contributed by atoms with Gasteiger partial charge in [-0.15, -0.1) is 11.6 Å². The number of fused-ring (bicyclic) bond motifs is 1. The van der Waals surface area contributed by atoms with Crippen LogP contribution in [-0.4, -0.2) is 36.1 Å². The molecule has 0 aromatic heterocycles. The van der Waals surface area contributed by atoms with Crippen molar-refractivity contribution in [2.24, 2.45) is 0 Å². The van der Waals surface area contributed by atoms with E-state index in [4.69, 9.17) is 23.2 Å². The molecule has 5 heteroatoms. The van der Waals surface area contributed by atoms with Crippen molar-refractivity contribution in [2.45, 2.75) is 60.8 Å². The van der Waals surface area contributed by atoms with Crippen LogP contribution in [0.4, 0.5) is 11.4 Å². The second-order valence-electron chi connectivity index (χ2n) is 14.5. The summed E-state index contributed by atoms with van der Waals surface area (Å²) in [5, 5.41) is 2.96. The predicted molar refractivity (Wildman–Crippen MR) is 228 cm³/mol. The number of allylic oxidation sites excluding steroid dienone is 6. The van der Waals surface area contributed by atoms with Gasteiger partial charge in [0.15, 0.2) is 0 Å². The lowest BCUT2D eigenvalue weighted by Crippen LogP contribution is -2.29. The van der Waals surface area contributed by atoms with Gasteiger partial charge < -0.3 is 9.80 Å². The van der Waals surface area contributed by atoms with Gasteiger partial charge in [0, 0.05) is 35.1 Å². The van der Waals surface area contributed by atoms with E-state index in [1.807, 2.05) is 0 Å². The highest BCUT2D eigenvalue weighted by molar-refractivity contribution is 7.81. The van der Waals surface area contributed by atoms with E-state index in [0.717, 1.165) is 41.8 Å². The van der Waals surface area contributed by atoms with Crippen LogP contribution in [0.25, 0.3) is 11.6 Å². The maximum absolute atomic E-state index is 7.74. The number of aryl methyl sites for hydroxylation is 6. The number of hydrogen-bond donors (Lipinski definition) is 0. The highest BCUT2D eigenvalue weighted by Crippen LogP contribution is 2.64. The zero-order valence-electron chi connectivity index (χ0n) is 31.2. The molecule has 1 saturated heterocycles. The lowest BCUT2D eigenvalue weighted by Gasteiger charge is -2.36. The Balaban J connectivity index is 1.47. The molecule has 2 aliphatic carbocycles. The van der Waals surface area contributed by atoms with Gasteiger partial charge in [-0.25, -0.2) is 0 Å². The average molecular weight is 732 g/mol. The zero-order chi connectivity index (χ0) is 36.2. The highest BCUT2D eigenvalue weighted by atomic mass is 35.5. The first kappa shape index (κ1) is 35.7. The molecule has 51 heavy (non-hydrogen) atoms. The molecule has 1 unspecified atom stereocenters. The van der Waals surface area contributed by atoms with E-state index >= 15 is 0 Å². The van der Waals surface area contributed by atoms with Gasteiger partial charge in [-0.1, -0.05) is 134 Å². The van der Waals surface area contributed by atoms with Crippen molar-refractivity contribution in [3.63, 3.8) is 0 Å². The van der Waals surface area contributed by atoms with Crippen LogP contribution >= 0.6 is 30.1 Å². The Morgan fingerprint density at radius 1 is 0.686 bits per heavy atom. The third kappa shape index (κ3) is 5.98. The van der Waals surface area contributed by atoms with Crippen LogP contribution in [-0.2, 0) is 0 Å². The molecule has 1 atom stereocenters. The maximum atomic E-state index is 7.74. The quantitative estimate of drug-likeness (QED) is 0.144. The number of alkyl halides is 1. The van der Waals surface area contributed by atoms with Gasteiger partial charge in [-0.3, -0.25) is 0 Å². The number of benzene rings is 4. The van der Waals surface area contributed by atoms with Crippen molar-refractivity contribution in [1.29, 1.82) is 0 Å². The first-order valence-electron chi connectivity index (χ1n) is 18.3. The second kappa shape index (κ2) is 14.0. The summed E-state index contributed by atoms with van der Waals surface area (Å²) in [6.45, 7) is 17.7. The van der Waals surface area contributed by atoms with Crippen molar-refractivity contribution in [3.05, 3.63) is 163 Å². The minimum absolute atomic E-state index is 0.485. The molecular formula is C46H49Cl2N2P. The molecule has 4 aromatic carbocycles. The molecule has 0 radical (unpaired) electrons. The third-order valence-corrected chi connectivity index (χ3v) is 17.0. The normalized spacial score (nSPS) is 17.6. The number of rotatable bonds is 6. The lowest BCUT2D eigenvalue weighted by molar-refractivity contribution is 1.00. The number of halogens is 2. The smallest absolute Gasteiger partial charge is 0.118 e. The maximum Gasteiger partial charge on any atom is 0.118 e. The molecule has 0 spiro atoms. The first-order chi connectivity index (χ1) is 24.5. The van der Waals surface area contributed by atoms with Crippen LogP contribution < -0.4 is 9.80 Å². The summed E-state index contributed by atoms with van der Waals surface area (Å²) < 4.78 is 0. The number of nitrogens with zero attached hydrogens (tertiary/aromatic N) is 2. The monoisotopic (exact) mass is 730 g/mol. The van der Waals surface area contributed by atoms with Crippen molar-refractivity contribution >= 4 is 58.4 Å². The Morgan fingerprint density at radius 3 is 1.73 bits per heavy atom. The Labute approximate surface area is 315 Å². The number of hydrogen-bond acceptors (Lipinski definition) is 2. The molecular weight excluding hydrogens is 682 g/mol. The van der Waals surface area contributed by atoms with Gasteiger partial charge in [-0.05, 0) is 115 Å².